The maximum absolute atomic E-state index is 12.9. The van der Waals surface area contributed by atoms with Crippen LogP contribution in [0.25, 0.3) is 0 Å². The number of nitrogens with zero attached hydrogens (tertiary/aromatic N) is 6. The van der Waals surface area contributed by atoms with Gasteiger partial charge in [-0.2, -0.15) is 5.26 Å². The van der Waals surface area contributed by atoms with E-state index in [1.165, 1.54) is 11.1 Å². The molecule has 0 radical (unpaired) electrons. The number of likely N-dealkylation sites (N-methyl/N-ethyl adjacent to an activating group) is 1. The van der Waals surface area contributed by atoms with E-state index in [4.69, 9.17) is 5.26 Å². The van der Waals surface area contributed by atoms with Gasteiger partial charge in [-0.25, -0.2) is 19.8 Å². The molecule has 1 spiro atoms. The van der Waals surface area contributed by atoms with Crippen molar-refractivity contribution in [3.05, 3.63) is 23.8 Å². The molecule has 0 saturated carbocycles. The molecule has 2 fully saturated rings. The molecule has 2 aliphatic heterocycles. The quantitative estimate of drug-likeness (QED) is 0.644. The molecule has 1 aromatic heterocycles. The lowest BCUT2D eigenvalue weighted by molar-refractivity contribution is -0.157. The van der Waals surface area contributed by atoms with Gasteiger partial charge in [0.05, 0.1) is 12.2 Å². The Hall–Kier alpha value is -3.26. The molecule has 166 valence electrons. The number of hydrogen-bond donors (Lipinski definition) is 2. The van der Waals surface area contributed by atoms with Crippen LogP contribution in [-0.4, -0.2) is 80.4 Å². The van der Waals surface area contributed by atoms with Crippen molar-refractivity contribution in [2.24, 2.45) is 0 Å². The van der Waals surface area contributed by atoms with Crippen LogP contribution < -0.4 is 10.7 Å². The molecule has 0 aliphatic carbocycles. The molecule has 2 N–H and O–H groups in total. The van der Waals surface area contributed by atoms with Crippen LogP contribution in [0.1, 0.15) is 45.1 Å². The Labute approximate surface area is 181 Å². The maximum Gasteiger partial charge on any atom is 0.331 e. The zero-order valence-electron chi connectivity index (χ0n) is 18.3. The van der Waals surface area contributed by atoms with Crippen molar-refractivity contribution >= 4 is 17.8 Å². The fourth-order valence-electron chi connectivity index (χ4n) is 3.95. The lowest BCUT2D eigenvalue weighted by atomic mass is 9.82. The minimum Gasteiger partial charge on any atom is -0.343 e. The van der Waals surface area contributed by atoms with Gasteiger partial charge in [-0.1, -0.05) is 0 Å². The number of likely N-dealkylation sites (tertiary alicyclic amines) is 1. The zero-order chi connectivity index (χ0) is 22.8. The predicted octanol–water partition coefficient (Wildman–Crippen LogP) is -0.00542. The van der Waals surface area contributed by atoms with Crippen molar-refractivity contribution < 1.29 is 14.4 Å². The molecule has 31 heavy (non-hydrogen) atoms. The monoisotopic (exact) mass is 428 g/mol. The molecule has 3 rings (SSSR count). The van der Waals surface area contributed by atoms with Crippen LogP contribution in [0, 0.1) is 11.3 Å². The van der Waals surface area contributed by atoms with E-state index in [2.05, 4.69) is 20.7 Å². The summed E-state index contributed by atoms with van der Waals surface area (Å²) in [6.07, 6.45) is 2.26. The molecule has 0 aromatic carbocycles. The van der Waals surface area contributed by atoms with E-state index < -0.39 is 11.6 Å². The Bertz CT molecular complexity index is 904. The molecular weight excluding hydrogens is 400 g/mol. The minimum absolute atomic E-state index is 0.0186. The number of rotatable bonds is 4. The number of hydrogen-bond acceptors (Lipinski definition) is 7. The number of nitriles is 1. The SMILES string of the molecule is CC1NC(=O)C2(CCN(C(=O)NN(Cc3ccnc(C#N)n3)C(C)C)CC2)N(C)C1=O. The average molecular weight is 428 g/mol. The molecular formula is C20H28N8O3. The van der Waals surface area contributed by atoms with Gasteiger partial charge in [0.15, 0.2) is 0 Å². The first-order valence-corrected chi connectivity index (χ1v) is 10.3. The van der Waals surface area contributed by atoms with Gasteiger partial charge in [-0.15, -0.1) is 0 Å². The second kappa shape index (κ2) is 8.85. The summed E-state index contributed by atoms with van der Waals surface area (Å²) in [5.74, 6) is -0.208. The van der Waals surface area contributed by atoms with Crippen molar-refractivity contribution in [1.29, 1.82) is 5.26 Å². The minimum atomic E-state index is -0.910. The van der Waals surface area contributed by atoms with Crippen molar-refractivity contribution in [2.75, 3.05) is 20.1 Å². The van der Waals surface area contributed by atoms with Crippen molar-refractivity contribution in [1.82, 2.24) is 35.5 Å². The standard InChI is InChI=1S/C20H28N8O3/c1-13(2)28(12-15-5-8-22-16(11-21)24-15)25-19(31)27-9-6-20(7-10-27)18(30)23-14(3)17(29)26(20)4/h5,8,13-14H,6-7,9-10,12H2,1-4H3,(H,23,30)(H,25,31). The highest BCUT2D eigenvalue weighted by Gasteiger charge is 2.51. The summed E-state index contributed by atoms with van der Waals surface area (Å²) in [7, 11) is 1.66. The molecule has 11 heteroatoms. The largest absolute Gasteiger partial charge is 0.343 e. The highest BCUT2D eigenvalue weighted by molar-refractivity contribution is 5.99. The van der Waals surface area contributed by atoms with E-state index in [1.54, 1.807) is 29.9 Å². The highest BCUT2D eigenvalue weighted by Crippen LogP contribution is 2.31. The van der Waals surface area contributed by atoms with Gasteiger partial charge < -0.3 is 15.1 Å². The Balaban J connectivity index is 1.63. The van der Waals surface area contributed by atoms with E-state index >= 15 is 0 Å². The van der Waals surface area contributed by atoms with E-state index in [1.807, 2.05) is 19.9 Å². The van der Waals surface area contributed by atoms with E-state index in [9.17, 15) is 14.4 Å². The number of aromatic nitrogens is 2. The molecule has 2 saturated heterocycles. The number of amides is 4. The molecule has 1 aromatic rings. The van der Waals surface area contributed by atoms with Crippen LogP contribution >= 0.6 is 0 Å². The molecule has 11 nitrogen and oxygen atoms in total. The van der Waals surface area contributed by atoms with Gasteiger partial charge in [0, 0.05) is 32.4 Å². The van der Waals surface area contributed by atoms with Gasteiger partial charge in [-0.3, -0.25) is 15.0 Å². The fraction of sp³-hybridized carbons (Fsp3) is 0.600. The van der Waals surface area contributed by atoms with Crippen LogP contribution in [0.5, 0.6) is 0 Å². The van der Waals surface area contributed by atoms with Gasteiger partial charge in [-0.05, 0) is 39.7 Å². The summed E-state index contributed by atoms with van der Waals surface area (Å²) in [5, 5.41) is 13.5. The molecule has 1 atom stereocenters. The topological polar surface area (TPSA) is 135 Å². The predicted molar refractivity (Wildman–Crippen MR) is 110 cm³/mol. The Kier molecular flexibility index (Phi) is 6.40. The number of piperidine rings is 1. The van der Waals surface area contributed by atoms with Crippen LogP contribution in [0.3, 0.4) is 0 Å². The van der Waals surface area contributed by atoms with E-state index in [0.717, 1.165) is 0 Å². The number of carbonyl (C=O) groups is 3. The van der Waals surface area contributed by atoms with Crippen LogP contribution in [0.4, 0.5) is 4.79 Å². The van der Waals surface area contributed by atoms with Crippen molar-refractivity contribution in [3.63, 3.8) is 0 Å². The molecule has 1 unspecified atom stereocenters. The van der Waals surface area contributed by atoms with Gasteiger partial charge >= 0.3 is 6.03 Å². The second-order valence-electron chi connectivity index (χ2n) is 8.23. The third kappa shape index (κ3) is 4.44. The van der Waals surface area contributed by atoms with Crippen LogP contribution in [-0.2, 0) is 16.1 Å². The van der Waals surface area contributed by atoms with Gasteiger partial charge in [0.1, 0.15) is 17.6 Å². The first-order valence-electron chi connectivity index (χ1n) is 10.3. The zero-order valence-corrected chi connectivity index (χ0v) is 18.3. The van der Waals surface area contributed by atoms with Gasteiger partial charge in [0.25, 0.3) is 0 Å². The van der Waals surface area contributed by atoms with Crippen molar-refractivity contribution in [3.8, 4) is 6.07 Å². The normalized spacial score (nSPS) is 20.7. The number of urea groups is 1. The van der Waals surface area contributed by atoms with E-state index in [-0.39, 0.29) is 29.7 Å². The Morgan fingerprint density at radius 2 is 2.10 bits per heavy atom. The third-order valence-electron chi connectivity index (χ3n) is 6.00. The van der Waals surface area contributed by atoms with Gasteiger partial charge in [0.2, 0.25) is 17.6 Å². The average Bonchev–Trinajstić information content (AvgIpc) is 2.76. The van der Waals surface area contributed by atoms with Crippen LogP contribution in [0.2, 0.25) is 0 Å². The number of carbonyl (C=O) groups excluding carboxylic acids is 3. The highest BCUT2D eigenvalue weighted by atomic mass is 16.2. The van der Waals surface area contributed by atoms with E-state index in [0.29, 0.717) is 38.2 Å². The molecule has 3 heterocycles. The first-order chi connectivity index (χ1) is 14.7. The lowest BCUT2D eigenvalue weighted by Gasteiger charge is -2.49. The summed E-state index contributed by atoms with van der Waals surface area (Å²) < 4.78 is 0. The third-order valence-corrected chi connectivity index (χ3v) is 6.00. The van der Waals surface area contributed by atoms with Crippen LogP contribution in [0.15, 0.2) is 12.3 Å². The molecule has 0 bridgehead atoms. The molecule has 4 amide bonds. The summed E-state index contributed by atoms with van der Waals surface area (Å²) in [6, 6.07) is 2.77. The summed E-state index contributed by atoms with van der Waals surface area (Å²) >= 11 is 0. The molecule has 2 aliphatic rings. The Morgan fingerprint density at radius 1 is 1.42 bits per heavy atom. The summed E-state index contributed by atoms with van der Waals surface area (Å²) in [6.45, 7) is 6.56. The second-order valence-corrected chi connectivity index (χ2v) is 8.23. The number of nitrogens with one attached hydrogen (secondary N) is 2. The summed E-state index contributed by atoms with van der Waals surface area (Å²) in [4.78, 5) is 49.1. The van der Waals surface area contributed by atoms with Crippen molar-refractivity contribution in [2.45, 2.75) is 57.8 Å². The first kappa shape index (κ1) is 22.4. The summed E-state index contributed by atoms with van der Waals surface area (Å²) in [5.41, 5.74) is 2.60. The number of piperazine rings is 1. The smallest absolute Gasteiger partial charge is 0.331 e. The fourth-order valence-corrected chi connectivity index (χ4v) is 3.95. The lowest BCUT2D eigenvalue weighted by Crippen LogP contribution is -2.71. The number of hydrazine groups is 1. The maximum atomic E-state index is 12.9. The Morgan fingerprint density at radius 3 is 2.71 bits per heavy atom.